The molecule has 0 radical (unpaired) electrons. The topological polar surface area (TPSA) is 49.7 Å². The van der Waals surface area contributed by atoms with E-state index in [1.165, 1.54) is 0 Å². The lowest BCUT2D eigenvalue weighted by Gasteiger charge is -2.19. The molecule has 3 heteroatoms. The molecule has 1 aromatic carbocycles. The van der Waals surface area contributed by atoms with E-state index in [-0.39, 0.29) is 23.2 Å². The highest BCUT2D eigenvalue weighted by Gasteiger charge is 2.61. The van der Waals surface area contributed by atoms with E-state index >= 15 is 0 Å². The Kier molecular flexibility index (Phi) is 2.82. The summed E-state index contributed by atoms with van der Waals surface area (Å²) in [6, 6.07) is 5.37. The zero-order valence-electron chi connectivity index (χ0n) is 10.7. The SMILES string of the molecule is CCOc1cc(C2(CO)CC2(C)C)ccc1O. The van der Waals surface area contributed by atoms with Gasteiger partial charge in [0.25, 0.3) is 0 Å². The zero-order valence-corrected chi connectivity index (χ0v) is 10.7. The molecule has 0 aliphatic heterocycles. The van der Waals surface area contributed by atoms with Crippen molar-refractivity contribution in [3.05, 3.63) is 23.8 Å². The first-order valence-corrected chi connectivity index (χ1v) is 6.04. The molecule has 0 aromatic heterocycles. The predicted octanol–water partition coefficient (Wildman–Crippen LogP) is 2.45. The molecule has 0 saturated heterocycles. The number of aliphatic hydroxyl groups excluding tert-OH is 1. The van der Waals surface area contributed by atoms with Crippen molar-refractivity contribution < 1.29 is 14.9 Å². The molecule has 0 amide bonds. The van der Waals surface area contributed by atoms with Gasteiger partial charge in [-0.05, 0) is 36.5 Å². The monoisotopic (exact) mass is 236 g/mol. The standard InChI is InChI=1S/C14H20O3/c1-4-17-12-7-10(5-6-11(12)16)14(9-15)8-13(14,2)3/h5-7,15-16H,4,8-9H2,1-3H3. The maximum absolute atomic E-state index is 9.67. The quantitative estimate of drug-likeness (QED) is 0.844. The fourth-order valence-corrected chi connectivity index (χ4v) is 2.65. The van der Waals surface area contributed by atoms with Gasteiger partial charge in [0, 0.05) is 5.41 Å². The van der Waals surface area contributed by atoms with Crippen LogP contribution in [0.2, 0.25) is 0 Å². The molecule has 1 saturated carbocycles. The van der Waals surface area contributed by atoms with Gasteiger partial charge in [-0.1, -0.05) is 19.9 Å². The largest absolute Gasteiger partial charge is 0.504 e. The third kappa shape index (κ3) is 1.78. The van der Waals surface area contributed by atoms with Crippen LogP contribution in [0, 0.1) is 5.41 Å². The van der Waals surface area contributed by atoms with Gasteiger partial charge in [-0.15, -0.1) is 0 Å². The maximum atomic E-state index is 9.67. The summed E-state index contributed by atoms with van der Waals surface area (Å²) >= 11 is 0. The molecule has 0 spiro atoms. The molecule has 94 valence electrons. The van der Waals surface area contributed by atoms with E-state index in [4.69, 9.17) is 4.74 Å². The molecule has 1 aliphatic carbocycles. The number of phenols is 1. The number of hydrogen-bond acceptors (Lipinski definition) is 3. The van der Waals surface area contributed by atoms with Crippen molar-refractivity contribution in [2.24, 2.45) is 5.41 Å². The molecule has 2 rings (SSSR count). The molecule has 2 N–H and O–H groups in total. The lowest BCUT2D eigenvalue weighted by Crippen LogP contribution is -2.19. The predicted molar refractivity (Wildman–Crippen MR) is 66.4 cm³/mol. The van der Waals surface area contributed by atoms with Crippen LogP contribution in [-0.2, 0) is 5.41 Å². The summed E-state index contributed by atoms with van der Waals surface area (Å²) in [7, 11) is 0. The van der Waals surface area contributed by atoms with Gasteiger partial charge in [-0.2, -0.15) is 0 Å². The van der Waals surface area contributed by atoms with Crippen molar-refractivity contribution in [3.8, 4) is 11.5 Å². The summed E-state index contributed by atoms with van der Waals surface area (Å²) in [6.45, 7) is 6.84. The summed E-state index contributed by atoms with van der Waals surface area (Å²) < 4.78 is 5.38. The maximum Gasteiger partial charge on any atom is 0.161 e. The van der Waals surface area contributed by atoms with E-state index in [2.05, 4.69) is 13.8 Å². The van der Waals surface area contributed by atoms with Crippen LogP contribution in [0.5, 0.6) is 11.5 Å². The number of rotatable bonds is 4. The van der Waals surface area contributed by atoms with E-state index in [0.717, 1.165) is 12.0 Å². The van der Waals surface area contributed by atoms with Crippen molar-refractivity contribution in [2.75, 3.05) is 13.2 Å². The molecule has 1 aliphatic rings. The molecular weight excluding hydrogens is 216 g/mol. The Morgan fingerprint density at radius 2 is 2.00 bits per heavy atom. The fraction of sp³-hybridized carbons (Fsp3) is 0.571. The number of hydrogen-bond donors (Lipinski definition) is 2. The summed E-state index contributed by atoms with van der Waals surface area (Å²) in [4.78, 5) is 0. The van der Waals surface area contributed by atoms with Crippen molar-refractivity contribution in [1.29, 1.82) is 0 Å². The molecule has 0 bridgehead atoms. The molecular formula is C14H20O3. The second-order valence-electron chi connectivity index (χ2n) is 5.42. The number of benzene rings is 1. The van der Waals surface area contributed by atoms with Gasteiger partial charge in [-0.3, -0.25) is 0 Å². The van der Waals surface area contributed by atoms with Crippen LogP contribution in [-0.4, -0.2) is 23.4 Å². The molecule has 1 unspecified atom stereocenters. The van der Waals surface area contributed by atoms with Gasteiger partial charge in [-0.25, -0.2) is 0 Å². The Labute approximate surface area is 102 Å². The minimum Gasteiger partial charge on any atom is -0.504 e. The molecule has 0 heterocycles. The van der Waals surface area contributed by atoms with Crippen LogP contribution in [0.3, 0.4) is 0 Å². The Bertz CT molecular complexity index is 425. The number of ether oxygens (including phenoxy) is 1. The number of phenolic OH excluding ortho intramolecular Hbond substituents is 1. The van der Waals surface area contributed by atoms with Gasteiger partial charge in [0.05, 0.1) is 13.2 Å². The highest BCUT2D eigenvalue weighted by molar-refractivity contribution is 5.48. The van der Waals surface area contributed by atoms with E-state index in [1.807, 2.05) is 19.1 Å². The average molecular weight is 236 g/mol. The Morgan fingerprint density at radius 3 is 2.47 bits per heavy atom. The van der Waals surface area contributed by atoms with Crippen molar-refractivity contribution in [3.63, 3.8) is 0 Å². The molecule has 1 atom stereocenters. The summed E-state index contributed by atoms with van der Waals surface area (Å²) in [5.41, 5.74) is 0.987. The third-order valence-electron chi connectivity index (χ3n) is 4.00. The van der Waals surface area contributed by atoms with Crippen LogP contribution in [0.15, 0.2) is 18.2 Å². The molecule has 17 heavy (non-hydrogen) atoms. The molecule has 1 aromatic rings. The Hall–Kier alpha value is -1.22. The highest BCUT2D eigenvalue weighted by Crippen LogP contribution is 2.64. The average Bonchev–Trinajstić information content (AvgIpc) is 2.86. The van der Waals surface area contributed by atoms with Gasteiger partial charge < -0.3 is 14.9 Å². The lowest BCUT2D eigenvalue weighted by molar-refractivity contribution is 0.230. The van der Waals surface area contributed by atoms with Crippen molar-refractivity contribution >= 4 is 0 Å². The summed E-state index contributed by atoms with van der Waals surface area (Å²) in [5.74, 6) is 0.655. The first-order valence-electron chi connectivity index (χ1n) is 6.04. The van der Waals surface area contributed by atoms with Crippen LogP contribution < -0.4 is 4.74 Å². The highest BCUT2D eigenvalue weighted by atomic mass is 16.5. The number of aromatic hydroxyl groups is 1. The minimum absolute atomic E-state index is 0.113. The Balaban J connectivity index is 2.37. The summed E-state index contributed by atoms with van der Waals surface area (Å²) in [6.07, 6.45) is 0.965. The van der Waals surface area contributed by atoms with Crippen LogP contribution in [0.1, 0.15) is 32.8 Å². The first kappa shape index (κ1) is 12.2. The van der Waals surface area contributed by atoms with Crippen LogP contribution in [0.25, 0.3) is 0 Å². The van der Waals surface area contributed by atoms with E-state index in [1.54, 1.807) is 6.07 Å². The van der Waals surface area contributed by atoms with Gasteiger partial charge >= 0.3 is 0 Å². The zero-order chi connectivity index (χ0) is 12.7. The normalized spacial score (nSPS) is 25.6. The van der Waals surface area contributed by atoms with E-state index in [0.29, 0.717) is 12.4 Å². The summed E-state index contributed by atoms with van der Waals surface area (Å²) in [5, 5.41) is 19.3. The van der Waals surface area contributed by atoms with Crippen molar-refractivity contribution in [2.45, 2.75) is 32.6 Å². The first-order chi connectivity index (χ1) is 7.97. The van der Waals surface area contributed by atoms with Crippen LogP contribution in [0.4, 0.5) is 0 Å². The molecule has 3 nitrogen and oxygen atoms in total. The van der Waals surface area contributed by atoms with E-state index < -0.39 is 0 Å². The van der Waals surface area contributed by atoms with Crippen molar-refractivity contribution in [1.82, 2.24) is 0 Å². The third-order valence-corrected chi connectivity index (χ3v) is 4.00. The second-order valence-corrected chi connectivity index (χ2v) is 5.42. The van der Waals surface area contributed by atoms with Crippen LogP contribution >= 0.6 is 0 Å². The second kappa shape index (κ2) is 3.91. The van der Waals surface area contributed by atoms with Gasteiger partial charge in [0.2, 0.25) is 0 Å². The lowest BCUT2D eigenvalue weighted by atomic mass is 9.88. The van der Waals surface area contributed by atoms with Gasteiger partial charge in [0.15, 0.2) is 11.5 Å². The smallest absolute Gasteiger partial charge is 0.161 e. The number of aliphatic hydroxyl groups is 1. The Morgan fingerprint density at radius 1 is 1.35 bits per heavy atom. The van der Waals surface area contributed by atoms with E-state index in [9.17, 15) is 10.2 Å². The van der Waals surface area contributed by atoms with Gasteiger partial charge in [0.1, 0.15) is 0 Å². The minimum atomic E-state index is -0.174. The fourth-order valence-electron chi connectivity index (χ4n) is 2.65. The molecule has 1 fully saturated rings.